The molecule has 0 aliphatic carbocycles. The topological polar surface area (TPSA) is 46.5 Å². The fourth-order valence-electron chi connectivity index (χ4n) is 2.55. The van der Waals surface area contributed by atoms with E-state index in [9.17, 15) is 9.90 Å². The quantitative estimate of drug-likeness (QED) is 0.877. The maximum Gasteiger partial charge on any atom is 0.314 e. The van der Waals surface area contributed by atoms with Crippen LogP contribution in [0.5, 0.6) is 5.75 Å². The Morgan fingerprint density at radius 3 is 2.36 bits per heavy atom. The Morgan fingerprint density at radius 1 is 1.14 bits per heavy atom. The van der Waals surface area contributed by atoms with Gasteiger partial charge in [-0.2, -0.15) is 0 Å². The summed E-state index contributed by atoms with van der Waals surface area (Å²) < 4.78 is 5.62. The summed E-state index contributed by atoms with van der Waals surface area (Å²) in [5.74, 6) is -0.0766. The summed E-state index contributed by atoms with van der Waals surface area (Å²) in [7, 11) is 0. The Labute approximate surface area is 131 Å². The molecule has 22 heavy (non-hydrogen) atoms. The molecule has 0 radical (unpaired) electrons. The van der Waals surface area contributed by atoms with Gasteiger partial charge in [-0.3, -0.25) is 4.79 Å². The van der Waals surface area contributed by atoms with Crippen molar-refractivity contribution in [3.63, 3.8) is 0 Å². The molecular weight excluding hydrogens is 276 g/mol. The second-order valence-corrected chi connectivity index (χ2v) is 5.72. The van der Waals surface area contributed by atoms with E-state index >= 15 is 0 Å². The van der Waals surface area contributed by atoms with Crippen molar-refractivity contribution >= 4 is 5.97 Å². The SMILES string of the molecule is CCOc1ccccc1CC(C)(C(=O)O)c1ccc(C)cc1. The molecular formula is C19H22O3. The summed E-state index contributed by atoms with van der Waals surface area (Å²) in [6.45, 7) is 6.24. The van der Waals surface area contributed by atoms with Crippen molar-refractivity contribution in [2.24, 2.45) is 0 Å². The third-order valence-electron chi connectivity index (χ3n) is 3.98. The van der Waals surface area contributed by atoms with E-state index < -0.39 is 11.4 Å². The standard InChI is InChI=1S/C19H22O3/c1-4-22-17-8-6-5-7-15(17)13-19(3,18(20)21)16-11-9-14(2)10-12-16/h5-12H,4,13H2,1-3H3,(H,20,21). The van der Waals surface area contributed by atoms with E-state index in [1.165, 1.54) is 0 Å². The number of hydrogen-bond donors (Lipinski definition) is 1. The summed E-state index contributed by atoms with van der Waals surface area (Å²) >= 11 is 0. The van der Waals surface area contributed by atoms with Crippen LogP contribution in [0.3, 0.4) is 0 Å². The first-order valence-electron chi connectivity index (χ1n) is 7.48. The maximum atomic E-state index is 11.9. The lowest BCUT2D eigenvalue weighted by Crippen LogP contribution is -2.35. The Balaban J connectivity index is 2.41. The maximum absolute atomic E-state index is 11.9. The highest BCUT2D eigenvalue weighted by Gasteiger charge is 2.36. The first-order valence-corrected chi connectivity index (χ1v) is 7.48. The molecule has 0 aromatic heterocycles. The van der Waals surface area contributed by atoms with E-state index in [0.717, 1.165) is 22.4 Å². The van der Waals surface area contributed by atoms with Gasteiger partial charge in [0.2, 0.25) is 0 Å². The third kappa shape index (κ3) is 3.30. The number of benzene rings is 2. The molecule has 2 aromatic carbocycles. The molecule has 3 nitrogen and oxygen atoms in total. The number of carbonyl (C=O) groups is 1. The van der Waals surface area contributed by atoms with Crippen molar-refractivity contribution in [1.82, 2.24) is 0 Å². The minimum Gasteiger partial charge on any atom is -0.494 e. The van der Waals surface area contributed by atoms with E-state index in [2.05, 4.69) is 0 Å². The van der Waals surface area contributed by atoms with Crippen molar-refractivity contribution in [1.29, 1.82) is 0 Å². The fourth-order valence-corrected chi connectivity index (χ4v) is 2.55. The molecule has 1 unspecified atom stereocenters. The number of aryl methyl sites for hydroxylation is 1. The molecule has 0 saturated heterocycles. The minimum absolute atomic E-state index is 0.390. The number of para-hydroxylation sites is 1. The van der Waals surface area contributed by atoms with Gasteiger partial charge in [-0.15, -0.1) is 0 Å². The van der Waals surface area contributed by atoms with Crippen LogP contribution >= 0.6 is 0 Å². The first-order chi connectivity index (χ1) is 10.5. The van der Waals surface area contributed by atoms with Crippen molar-refractivity contribution < 1.29 is 14.6 Å². The predicted molar refractivity (Wildman–Crippen MR) is 87.5 cm³/mol. The van der Waals surface area contributed by atoms with Gasteiger partial charge in [0.1, 0.15) is 5.75 Å². The van der Waals surface area contributed by atoms with Crippen LogP contribution in [0.1, 0.15) is 30.5 Å². The van der Waals surface area contributed by atoms with Gasteiger partial charge in [-0.05, 0) is 44.4 Å². The van der Waals surface area contributed by atoms with Crippen LogP contribution in [0.4, 0.5) is 0 Å². The molecule has 0 saturated carbocycles. The van der Waals surface area contributed by atoms with Crippen LogP contribution < -0.4 is 4.74 Å². The zero-order valence-electron chi connectivity index (χ0n) is 13.3. The Kier molecular flexibility index (Phi) is 4.86. The highest BCUT2D eigenvalue weighted by atomic mass is 16.5. The van der Waals surface area contributed by atoms with Crippen LogP contribution in [0.25, 0.3) is 0 Å². The number of ether oxygens (including phenoxy) is 1. The van der Waals surface area contributed by atoms with Crippen molar-refractivity contribution in [3.8, 4) is 5.75 Å². The highest BCUT2D eigenvalue weighted by molar-refractivity contribution is 5.81. The van der Waals surface area contributed by atoms with Gasteiger partial charge in [0, 0.05) is 0 Å². The molecule has 0 heterocycles. The largest absolute Gasteiger partial charge is 0.494 e. The number of carboxylic acid groups (broad SMARTS) is 1. The molecule has 0 bridgehead atoms. The molecule has 3 heteroatoms. The van der Waals surface area contributed by atoms with Crippen LogP contribution in [0.2, 0.25) is 0 Å². The van der Waals surface area contributed by atoms with E-state index in [4.69, 9.17) is 4.74 Å². The molecule has 2 rings (SSSR count). The van der Waals surface area contributed by atoms with Gasteiger partial charge in [0.05, 0.1) is 12.0 Å². The molecule has 0 spiro atoms. The van der Waals surface area contributed by atoms with Gasteiger partial charge in [-0.1, -0.05) is 48.0 Å². The molecule has 116 valence electrons. The smallest absolute Gasteiger partial charge is 0.314 e. The number of aliphatic carboxylic acids is 1. The second-order valence-electron chi connectivity index (χ2n) is 5.72. The van der Waals surface area contributed by atoms with Crippen molar-refractivity contribution in [3.05, 3.63) is 65.2 Å². The molecule has 1 N–H and O–H groups in total. The Morgan fingerprint density at radius 2 is 1.77 bits per heavy atom. The predicted octanol–water partition coefficient (Wildman–Crippen LogP) is 3.98. The average molecular weight is 298 g/mol. The molecule has 0 amide bonds. The number of rotatable bonds is 6. The summed E-state index contributed by atoms with van der Waals surface area (Å²) in [5, 5.41) is 9.80. The summed E-state index contributed by atoms with van der Waals surface area (Å²) in [6, 6.07) is 15.3. The van der Waals surface area contributed by atoms with Crippen LogP contribution in [-0.4, -0.2) is 17.7 Å². The van der Waals surface area contributed by atoms with Gasteiger partial charge >= 0.3 is 5.97 Å². The summed E-state index contributed by atoms with van der Waals surface area (Å²) in [5.41, 5.74) is 1.85. The number of hydrogen-bond acceptors (Lipinski definition) is 2. The monoisotopic (exact) mass is 298 g/mol. The third-order valence-corrected chi connectivity index (χ3v) is 3.98. The summed E-state index contributed by atoms with van der Waals surface area (Å²) in [4.78, 5) is 11.9. The van der Waals surface area contributed by atoms with Crippen molar-refractivity contribution in [2.75, 3.05) is 6.61 Å². The van der Waals surface area contributed by atoms with Gasteiger partial charge in [-0.25, -0.2) is 0 Å². The van der Waals surface area contributed by atoms with Gasteiger partial charge in [0.15, 0.2) is 0 Å². The van der Waals surface area contributed by atoms with Crippen LogP contribution in [0, 0.1) is 6.92 Å². The molecule has 2 aromatic rings. The zero-order chi connectivity index (χ0) is 16.2. The number of carboxylic acids is 1. The van der Waals surface area contributed by atoms with Gasteiger partial charge in [0.25, 0.3) is 0 Å². The molecule has 1 atom stereocenters. The van der Waals surface area contributed by atoms with E-state index in [-0.39, 0.29) is 0 Å². The molecule has 0 aliphatic rings. The summed E-state index contributed by atoms with van der Waals surface area (Å²) in [6.07, 6.45) is 0.390. The van der Waals surface area contributed by atoms with E-state index in [1.807, 2.05) is 62.4 Å². The normalized spacial score (nSPS) is 13.4. The highest BCUT2D eigenvalue weighted by Crippen LogP contribution is 2.32. The average Bonchev–Trinajstić information content (AvgIpc) is 2.50. The van der Waals surface area contributed by atoms with Crippen LogP contribution in [-0.2, 0) is 16.6 Å². The van der Waals surface area contributed by atoms with Crippen LogP contribution in [0.15, 0.2) is 48.5 Å². The molecule has 0 fully saturated rings. The Hall–Kier alpha value is -2.29. The Bertz CT molecular complexity index is 646. The van der Waals surface area contributed by atoms with E-state index in [0.29, 0.717) is 13.0 Å². The fraction of sp³-hybridized carbons (Fsp3) is 0.316. The lowest BCUT2D eigenvalue weighted by Gasteiger charge is -2.26. The van der Waals surface area contributed by atoms with Gasteiger partial charge < -0.3 is 9.84 Å². The lowest BCUT2D eigenvalue weighted by atomic mass is 9.77. The van der Waals surface area contributed by atoms with Crippen molar-refractivity contribution in [2.45, 2.75) is 32.6 Å². The first kappa shape index (κ1) is 16.1. The minimum atomic E-state index is -0.985. The lowest BCUT2D eigenvalue weighted by molar-refractivity contribution is -0.143. The molecule has 0 aliphatic heterocycles. The zero-order valence-corrected chi connectivity index (χ0v) is 13.3. The van der Waals surface area contributed by atoms with E-state index in [1.54, 1.807) is 6.92 Å². The second kappa shape index (κ2) is 6.65.